The Labute approximate surface area is 414 Å². The van der Waals surface area contributed by atoms with Gasteiger partial charge in [-0.2, -0.15) is 14.6 Å². The van der Waals surface area contributed by atoms with Gasteiger partial charge in [-0.25, -0.2) is 15.0 Å². The molecule has 0 bridgehead atoms. The summed E-state index contributed by atoms with van der Waals surface area (Å²) < 4.78 is 24.3. The Balaban J connectivity index is 0. The van der Waals surface area contributed by atoms with Crippen molar-refractivity contribution in [1.29, 1.82) is 0 Å². The maximum absolute atomic E-state index is 4.96. The lowest BCUT2D eigenvalue weighted by atomic mass is 10.3. The first-order valence-electron chi connectivity index (χ1n) is 20.9. The first-order valence-corrected chi connectivity index (χ1v) is 23.4. The standard InChI is InChI=1S/2C6H10N2.C6H8O.C6H8S.C5H8N2.2C5H7NO.2C5H7NS.2CH4/c1-5-4-7-8(3)6(5)2;1-5-4-6(2)8(3)7-5;2*1-5-3-4-7-6(5)2;1-5-3-7(2)4-6-5;1-4-5(2)7-3-6-4;1-4-3-5(2)7-6-4;1-4-5(2)7-3-6-4;1-4-3-5(2)7-6-4;;/h2*4H,1-3H3;3*3-4H,1-2H3;4*3H,1-2H3;2*1H4. The Hall–Kier alpha value is -5.71. The second-order valence-electron chi connectivity index (χ2n) is 15.2. The van der Waals surface area contributed by atoms with Gasteiger partial charge in [0, 0.05) is 59.4 Å². The minimum atomic E-state index is 0. The van der Waals surface area contributed by atoms with Crippen molar-refractivity contribution < 1.29 is 13.4 Å². The average Bonchev–Trinajstić information content (AvgIpc) is 4.17. The molecule has 0 aliphatic heterocycles. The molecule has 16 heteroatoms. The summed E-state index contributed by atoms with van der Waals surface area (Å²) in [7, 11) is 5.85. The smallest absolute Gasteiger partial charge is 0.181 e. The minimum Gasteiger partial charge on any atom is -0.469 e. The Bertz CT molecular complexity index is 2210. The van der Waals surface area contributed by atoms with Crippen molar-refractivity contribution in [1.82, 2.24) is 48.6 Å². The first-order chi connectivity index (χ1) is 30.5. The van der Waals surface area contributed by atoms with Gasteiger partial charge in [0.2, 0.25) is 0 Å². The van der Waals surface area contributed by atoms with Crippen LogP contribution in [0, 0.1) is 118 Å². The molecule has 0 fully saturated rings. The molecule has 0 atom stereocenters. The van der Waals surface area contributed by atoms with Crippen molar-refractivity contribution in [2.75, 3.05) is 0 Å². The lowest BCUT2D eigenvalue weighted by molar-refractivity contribution is 0.393. The van der Waals surface area contributed by atoms with Crippen LogP contribution in [0.25, 0.3) is 0 Å². The molecule has 0 saturated heterocycles. The summed E-state index contributed by atoms with van der Waals surface area (Å²) >= 11 is 5.05. The second kappa shape index (κ2) is 33.7. The fourth-order valence-electron chi connectivity index (χ4n) is 4.49. The Morgan fingerprint density at radius 3 is 1.39 bits per heavy atom. The second-order valence-corrected chi connectivity index (χ2v) is 18.4. The zero-order valence-electron chi connectivity index (χ0n) is 42.3. The van der Waals surface area contributed by atoms with Crippen LogP contribution in [0.2, 0.25) is 0 Å². The van der Waals surface area contributed by atoms with Crippen LogP contribution in [0.5, 0.6) is 0 Å². The van der Waals surface area contributed by atoms with Gasteiger partial charge in [0.15, 0.2) is 6.39 Å². The van der Waals surface area contributed by atoms with Gasteiger partial charge in [0.1, 0.15) is 17.3 Å². The summed E-state index contributed by atoms with van der Waals surface area (Å²) in [6, 6.07) is 10.1. The molecule has 0 spiro atoms. The molecular weight excluding hydrogens is 897 g/mol. The first kappa shape index (κ1) is 63.4. The number of imidazole rings is 1. The lowest BCUT2D eigenvalue weighted by Crippen LogP contribution is -1.91. The normalized spacial score (nSPS) is 9.25. The molecule has 67 heavy (non-hydrogen) atoms. The Kier molecular flexibility index (Phi) is 31.9. The van der Waals surface area contributed by atoms with Crippen molar-refractivity contribution >= 4 is 34.2 Å². The molecule has 9 heterocycles. The maximum atomic E-state index is 4.96. The van der Waals surface area contributed by atoms with Crippen LogP contribution in [-0.2, 0) is 21.1 Å². The van der Waals surface area contributed by atoms with E-state index in [1.165, 1.54) is 49.1 Å². The highest BCUT2D eigenvalue weighted by Crippen LogP contribution is 2.12. The molecule has 0 aliphatic carbocycles. The van der Waals surface area contributed by atoms with Crippen molar-refractivity contribution in [3.63, 3.8) is 0 Å². The molecule has 0 unspecified atom stereocenters. The Morgan fingerprint density at radius 1 is 0.582 bits per heavy atom. The van der Waals surface area contributed by atoms with E-state index in [9.17, 15) is 0 Å². The minimum absolute atomic E-state index is 0. The van der Waals surface area contributed by atoms with Crippen LogP contribution in [0.1, 0.15) is 109 Å². The van der Waals surface area contributed by atoms with E-state index >= 15 is 0 Å². The third kappa shape index (κ3) is 27.5. The summed E-state index contributed by atoms with van der Waals surface area (Å²) in [5.74, 6) is 2.79. The van der Waals surface area contributed by atoms with Gasteiger partial charge in [-0.15, -0.1) is 22.7 Å². The third-order valence-corrected chi connectivity index (χ3v) is 11.8. The topological polar surface area (TPSA) is 144 Å². The molecule has 0 saturated carbocycles. The van der Waals surface area contributed by atoms with E-state index in [0.29, 0.717) is 0 Å². The van der Waals surface area contributed by atoms with E-state index in [4.69, 9.17) is 13.4 Å². The SMILES string of the molecule is C.C.Cc1cc(C)n(C)n1.Cc1cc(C)on1.Cc1cc(C)sn1.Cc1ccoc1C.Cc1ccsc1C.Cc1cn(C)cn1.Cc1cnn(C)c1C.Cc1ncoc1C.Cc1ncsc1C. The molecule has 0 radical (unpaired) electrons. The molecule has 0 N–H and O–H groups in total. The highest BCUT2D eigenvalue weighted by Gasteiger charge is 1.95. The van der Waals surface area contributed by atoms with Crippen LogP contribution >= 0.6 is 34.2 Å². The monoisotopic (exact) mass is 977 g/mol. The summed E-state index contributed by atoms with van der Waals surface area (Å²) in [6.45, 7) is 34.1. The highest BCUT2D eigenvalue weighted by molar-refractivity contribution is 7.10. The van der Waals surface area contributed by atoms with Crippen LogP contribution < -0.4 is 0 Å². The van der Waals surface area contributed by atoms with Crippen molar-refractivity contribution in [3.05, 3.63) is 167 Å². The van der Waals surface area contributed by atoms with Crippen molar-refractivity contribution in [2.24, 2.45) is 21.1 Å². The van der Waals surface area contributed by atoms with E-state index in [1.54, 1.807) is 46.8 Å². The summed E-state index contributed by atoms with van der Waals surface area (Å²) in [4.78, 5) is 15.9. The van der Waals surface area contributed by atoms with E-state index in [0.717, 1.165) is 51.4 Å². The molecule has 0 aromatic carbocycles. The highest BCUT2D eigenvalue weighted by atomic mass is 32.1. The number of aryl methyl sites for hydroxylation is 19. The number of furan rings is 1. The molecule has 9 aromatic heterocycles. The van der Waals surface area contributed by atoms with Gasteiger partial charge in [-0.05, 0) is 176 Å². The van der Waals surface area contributed by atoms with E-state index in [1.807, 2.05) is 141 Å². The predicted molar refractivity (Wildman–Crippen MR) is 284 cm³/mol. The fourth-order valence-corrected chi connectivity index (χ4v) is 6.38. The third-order valence-electron chi connectivity index (χ3n) is 9.25. The van der Waals surface area contributed by atoms with E-state index < -0.39 is 0 Å². The van der Waals surface area contributed by atoms with Crippen LogP contribution in [0.4, 0.5) is 0 Å². The molecule has 0 aliphatic rings. The summed E-state index contributed by atoms with van der Waals surface area (Å²) in [5, 5.41) is 13.9. The molecule has 0 amide bonds. The quantitative estimate of drug-likeness (QED) is 0.144. The Morgan fingerprint density at radius 2 is 1.25 bits per heavy atom. The number of aromatic nitrogens is 10. The van der Waals surface area contributed by atoms with Gasteiger partial charge < -0.3 is 17.9 Å². The number of nitrogens with zero attached hydrogens (tertiary/aromatic N) is 10. The fraction of sp³-hybridized carbons (Fsp3) is 0.431. The predicted octanol–water partition coefficient (Wildman–Crippen LogP) is 14.4. The summed E-state index contributed by atoms with van der Waals surface area (Å²) in [5.41, 5.74) is 14.6. The van der Waals surface area contributed by atoms with Crippen LogP contribution in [0.3, 0.4) is 0 Å². The number of oxazole rings is 1. The van der Waals surface area contributed by atoms with E-state index in [-0.39, 0.29) is 14.9 Å². The van der Waals surface area contributed by atoms with Crippen molar-refractivity contribution in [3.8, 4) is 0 Å². The van der Waals surface area contributed by atoms with Crippen LogP contribution in [0.15, 0.2) is 86.0 Å². The van der Waals surface area contributed by atoms with Gasteiger partial charge >= 0.3 is 0 Å². The number of hydrogen-bond acceptors (Lipinski definition) is 13. The van der Waals surface area contributed by atoms with Gasteiger partial charge in [-0.1, -0.05) is 20.0 Å². The molecule has 9 rings (SSSR count). The van der Waals surface area contributed by atoms with Crippen molar-refractivity contribution in [2.45, 2.75) is 133 Å². The van der Waals surface area contributed by atoms with Gasteiger partial charge in [0.25, 0.3) is 0 Å². The molecule has 9 aromatic rings. The number of hydrogen-bond donors (Lipinski definition) is 0. The largest absolute Gasteiger partial charge is 0.469 e. The molecule has 370 valence electrons. The number of thiophene rings is 1. The van der Waals surface area contributed by atoms with Gasteiger partial charge in [0.05, 0.1) is 58.5 Å². The average molecular weight is 977 g/mol. The summed E-state index contributed by atoms with van der Waals surface area (Å²) in [6.07, 6.45) is 8.78. The maximum Gasteiger partial charge on any atom is 0.181 e. The van der Waals surface area contributed by atoms with Crippen LogP contribution in [-0.4, -0.2) is 48.6 Å². The van der Waals surface area contributed by atoms with E-state index in [2.05, 4.69) is 99.8 Å². The zero-order valence-corrected chi connectivity index (χ0v) is 44.8. The zero-order chi connectivity index (χ0) is 49.2. The lowest BCUT2D eigenvalue weighted by Gasteiger charge is -1.90. The number of rotatable bonds is 0. The number of thiazole rings is 1. The van der Waals surface area contributed by atoms with Gasteiger partial charge in [-0.3, -0.25) is 9.36 Å². The molecule has 13 nitrogen and oxygen atoms in total. The molecular formula is C51H80N10O3S3.